The Hall–Kier alpha value is -1.47. The van der Waals surface area contributed by atoms with Crippen molar-refractivity contribution < 1.29 is 9.66 Å². The van der Waals surface area contributed by atoms with Gasteiger partial charge in [0.25, 0.3) is 0 Å². The zero-order chi connectivity index (χ0) is 13.1. The van der Waals surface area contributed by atoms with Gasteiger partial charge in [0.1, 0.15) is 5.69 Å². The summed E-state index contributed by atoms with van der Waals surface area (Å²) in [6.07, 6.45) is 0.943. The molecule has 0 amide bonds. The highest BCUT2D eigenvalue weighted by Crippen LogP contribution is 2.27. The summed E-state index contributed by atoms with van der Waals surface area (Å²) < 4.78 is 5.24. The topological polar surface area (TPSA) is 90.2 Å². The first-order valence-corrected chi connectivity index (χ1v) is 5.96. The molecule has 0 spiro atoms. The molecule has 0 saturated carbocycles. The van der Waals surface area contributed by atoms with Gasteiger partial charge >= 0.3 is 5.69 Å². The molecule has 1 aliphatic heterocycles. The summed E-state index contributed by atoms with van der Waals surface area (Å²) in [4.78, 5) is 18.1. The lowest BCUT2D eigenvalue weighted by Crippen LogP contribution is -2.16. The van der Waals surface area contributed by atoms with Crippen LogP contribution in [-0.4, -0.2) is 34.6 Å². The van der Waals surface area contributed by atoms with Crippen LogP contribution >= 0.6 is 11.6 Å². The first-order chi connectivity index (χ1) is 8.58. The second kappa shape index (κ2) is 5.45. The maximum absolute atomic E-state index is 11.0. The fourth-order valence-electron chi connectivity index (χ4n) is 1.86. The molecule has 1 saturated heterocycles. The van der Waals surface area contributed by atoms with E-state index in [9.17, 15) is 10.1 Å². The highest BCUT2D eigenvalue weighted by Gasteiger charge is 2.23. The Morgan fingerprint density at radius 1 is 1.61 bits per heavy atom. The summed E-state index contributed by atoms with van der Waals surface area (Å²) in [5.41, 5.74) is 0.128. The van der Waals surface area contributed by atoms with Crippen LogP contribution in [0.25, 0.3) is 0 Å². The van der Waals surface area contributed by atoms with Crippen molar-refractivity contribution in [1.29, 1.82) is 0 Å². The van der Waals surface area contributed by atoms with E-state index in [4.69, 9.17) is 16.3 Å². The van der Waals surface area contributed by atoms with Crippen LogP contribution in [0.2, 0.25) is 5.28 Å². The number of nitrogens with zero attached hydrogens (tertiary/aromatic N) is 3. The summed E-state index contributed by atoms with van der Waals surface area (Å²) in [5, 5.41) is 13.9. The van der Waals surface area contributed by atoms with Gasteiger partial charge in [0.2, 0.25) is 11.1 Å². The fraction of sp³-hybridized carbons (Fsp3) is 0.600. The lowest BCUT2D eigenvalue weighted by molar-refractivity contribution is -0.385. The predicted octanol–water partition coefficient (Wildman–Crippen LogP) is 1.80. The molecule has 0 radical (unpaired) electrons. The molecule has 1 aromatic rings. The second-order valence-electron chi connectivity index (χ2n) is 4.14. The number of nitro groups is 1. The highest BCUT2D eigenvalue weighted by molar-refractivity contribution is 6.28. The molecule has 0 bridgehead atoms. The average molecular weight is 273 g/mol. The van der Waals surface area contributed by atoms with E-state index in [2.05, 4.69) is 15.3 Å². The third-order valence-electron chi connectivity index (χ3n) is 2.80. The van der Waals surface area contributed by atoms with Crippen LogP contribution in [0, 0.1) is 23.0 Å². The molecular weight excluding hydrogens is 260 g/mol. The molecule has 1 aliphatic rings. The second-order valence-corrected chi connectivity index (χ2v) is 4.48. The average Bonchev–Trinajstić information content (AvgIpc) is 2.77. The quantitative estimate of drug-likeness (QED) is 0.510. The first-order valence-electron chi connectivity index (χ1n) is 5.58. The van der Waals surface area contributed by atoms with Crippen molar-refractivity contribution in [1.82, 2.24) is 9.97 Å². The number of rotatable bonds is 4. The number of hydrogen-bond acceptors (Lipinski definition) is 6. The first kappa shape index (κ1) is 13.0. The van der Waals surface area contributed by atoms with Gasteiger partial charge in [-0.3, -0.25) is 10.1 Å². The predicted molar refractivity (Wildman–Crippen MR) is 65.8 cm³/mol. The summed E-state index contributed by atoms with van der Waals surface area (Å²) in [7, 11) is 0. The van der Waals surface area contributed by atoms with Gasteiger partial charge in [-0.05, 0) is 24.9 Å². The highest BCUT2D eigenvalue weighted by atomic mass is 35.5. The molecule has 18 heavy (non-hydrogen) atoms. The molecule has 2 heterocycles. The van der Waals surface area contributed by atoms with Crippen molar-refractivity contribution >= 4 is 23.1 Å². The van der Waals surface area contributed by atoms with Gasteiger partial charge in [-0.1, -0.05) is 0 Å². The molecule has 1 unspecified atom stereocenters. The smallest absolute Gasteiger partial charge is 0.332 e. The van der Waals surface area contributed by atoms with Gasteiger partial charge in [0, 0.05) is 19.1 Å². The zero-order valence-corrected chi connectivity index (χ0v) is 10.6. The van der Waals surface area contributed by atoms with Crippen molar-refractivity contribution in [3.63, 3.8) is 0 Å². The summed E-state index contributed by atoms with van der Waals surface area (Å²) in [6, 6.07) is 0. The van der Waals surface area contributed by atoms with Crippen molar-refractivity contribution in [3.05, 3.63) is 21.1 Å². The van der Waals surface area contributed by atoms with Crippen LogP contribution in [0.3, 0.4) is 0 Å². The molecule has 8 heteroatoms. The Bertz CT molecular complexity index is 463. The van der Waals surface area contributed by atoms with Gasteiger partial charge in [-0.25, -0.2) is 4.98 Å². The minimum Gasteiger partial charge on any atom is -0.381 e. The van der Waals surface area contributed by atoms with Gasteiger partial charge in [-0.2, -0.15) is 4.98 Å². The monoisotopic (exact) mass is 272 g/mol. The van der Waals surface area contributed by atoms with Crippen molar-refractivity contribution in [2.24, 2.45) is 5.92 Å². The fourth-order valence-corrected chi connectivity index (χ4v) is 2.07. The number of anilines is 1. The Balaban J connectivity index is 2.16. The number of ether oxygens (including phenoxy) is 1. The van der Waals surface area contributed by atoms with E-state index in [1.807, 2.05) is 0 Å². The molecular formula is C10H13ClN4O3. The minimum atomic E-state index is -0.501. The van der Waals surface area contributed by atoms with Crippen LogP contribution in [0.4, 0.5) is 11.5 Å². The van der Waals surface area contributed by atoms with E-state index in [0.29, 0.717) is 19.1 Å². The molecule has 0 aromatic carbocycles. The molecule has 1 atom stereocenters. The van der Waals surface area contributed by atoms with E-state index >= 15 is 0 Å². The van der Waals surface area contributed by atoms with Crippen molar-refractivity contribution in [2.45, 2.75) is 13.3 Å². The van der Waals surface area contributed by atoms with Crippen molar-refractivity contribution in [2.75, 3.05) is 25.1 Å². The van der Waals surface area contributed by atoms with E-state index < -0.39 is 4.92 Å². The molecule has 2 rings (SSSR count). The molecule has 1 N–H and O–H groups in total. The maximum Gasteiger partial charge on any atom is 0.332 e. The minimum absolute atomic E-state index is 0.00303. The molecule has 98 valence electrons. The standard InChI is InChI=1S/C10H13ClN4O3/c1-6-8(15(16)17)9(14-10(11)13-6)12-4-7-2-3-18-5-7/h7H,2-5H2,1H3,(H,12,13,14). The molecule has 1 aromatic heterocycles. The van der Waals surface area contributed by atoms with Gasteiger partial charge < -0.3 is 10.1 Å². The Morgan fingerprint density at radius 3 is 3.00 bits per heavy atom. The molecule has 1 fully saturated rings. The lowest BCUT2D eigenvalue weighted by atomic mass is 10.1. The van der Waals surface area contributed by atoms with Crippen LogP contribution in [0.1, 0.15) is 12.1 Å². The van der Waals surface area contributed by atoms with Crippen LogP contribution in [0.5, 0.6) is 0 Å². The van der Waals surface area contributed by atoms with Gasteiger partial charge in [0.15, 0.2) is 0 Å². The van der Waals surface area contributed by atoms with Crippen LogP contribution in [0.15, 0.2) is 0 Å². The number of aryl methyl sites for hydroxylation is 1. The van der Waals surface area contributed by atoms with Crippen molar-refractivity contribution in [3.8, 4) is 0 Å². The van der Waals surface area contributed by atoms with E-state index in [1.54, 1.807) is 0 Å². The maximum atomic E-state index is 11.0. The van der Waals surface area contributed by atoms with Crippen LogP contribution in [-0.2, 0) is 4.74 Å². The largest absolute Gasteiger partial charge is 0.381 e. The number of hydrogen-bond donors (Lipinski definition) is 1. The van der Waals surface area contributed by atoms with E-state index in [-0.39, 0.29) is 22.5 Å². The summed E-state index contributed by atoms with van der Waals surface area (Å²) in [6.45, 7) is 3.51. The molecule has 7 nitrogen and oxygen atoms in total. The normalized spacial score (nSPS) is 18.9. The van der Waals surface area contributed by atoms with E-state index in [1.165, 1.54) is 6.92 Å². The Labute approximate surface area is 109 Å². The number of halogens is 1. The SMILES string of the molecule is Cc1nc(Cl)nc(NCC2CCOC2)c1[N+](=O)[O-]. The molecule has 0 aliphatic carbocycles. The third-order valence-corrected chi connectivity index (χ3v) is 2.96. The number of aromatic nitrogens is 2. The van der Waals surface area contributed by atoms with Crippen LogP contribution < -0.4 is 5.32 Å². The van der Waals surface area contributed by atoms with E-state index in [0.717, 1.165) is 13.0 Å². The zero-order valence-electron chi connectivity index (χ0n) is 9.85. The summed E-state index contributed by atoms with van der Waals surface area (Å²) in [5.74, 6) is 0.517. The summed E-state index contributed by atoms with van der Waals surface area (Å²) >= 11 is 5.71. The van der Waals surface area contributed by atoms with Gasteiger partial charge in [-0.15, -0.1) is 0 Å². The lowest BCUT2D eigenvalue weighted by Gasteiger charge is -2.10. The Kier molecular flexibility index (Phi) is 3.93. The van der Waals surface area contributed by atoms with Gasteiger partial charge in [0.05, 0.1) is 11.5 Å². The number of nitrogens with one attached hydrogen (secondary N) is 1. The third kappa shape index (κ3) is 2.85. The Morgan fingerprint density at radius 2 is 2.39 bits per heavy atom.